The van der Waals surface area contributed by atoms with Gasteiger partial charge in [-0.2, -0.15) is 0 Å². The molecule has 1 fully saturated rings. The molecule has 2 aromatic carbocycles. The largest absolute Gasteiger partial charge is 0.497 e. The Bertz CT molecular complexity index is 1290. The molecule has 9 heteroatoms. The number of aromatic nitrogens is 5. The van der Waals surface area contributed by atoms with Crippen LogP contribution in [0.4, 0.5) is 4.39 Å². The monoisotopic (exact) mass is 434 g/mol. The average Bonchev–Trinajstić information content (AvgIpc) is 3.49. The first-order chi connectivity index (χ1) is 15.6. The van der Waals surface area contributed by atoms with Crippen LogP contribution in [0.3, 0.4) is 0 Å². The van der Waals surface area contributed by atoms with E-state index >= 15 is 0 Å². The fraction of sp³-hybridized carbons (Fsp3) is 0.304. The Labute approximate surface area is 183 Å². The van der Waals surface area contributed by atoms with Crippen molar-refractivity contribution in [3.05, 3.63) is 81.7 Å². The van der Waals surface area contributed by atoms with E-state index in [4.69, 9.17) is 4.74 Å². The summed E-state index contributed by atoms with van der Waals surface area (Å²) in [6.07, 6.45) is 2.11. The van der Waals surface area contributed by atoms with Crippen LogP contribution in [0.25, 0.3) is 10.9 Å². The topological polar surface area (TPSA) is 88.9 Å². The molecule has 1 aliphatic rings. The van der Waals surface area contributed by atoms with Crippen molar-refractivity contribution in [3.63, 3.8) is 0 Å². The Morgan fingerprint density at radius 3 is 2.66 bits per heavy atom. The van der Waals surface area contributed by atoms with Crippen LogP contribution < -0.4 is 10.3 Å². The maximum absolute atomic E-state index is 13.3. The van der Waals surface area contributed by atoms with E-state index in [0.29, 0.717) is 29.2 Å². The van der Waals surface area contributed by atoms with E-state index in [-0.39, 0.29) is 17.4 Å². The number of H-pyrrole nitrogens is 1. The van der Waals surface area contributed by atoms with Crippen LogP contribution >= 0.6 is 0 Å². The lowest BCUT2D eigenvalue weighted by Gasteiger charge is -2.26. The van der Waals surface area contributed by atoms with Crippen LogP contribution in [0.1, 0.15) is 35.8 Å². The number of hydrogen-bond donors (Lipinski definition) is 1. The summed E-state index contributed by atoms with van der Waals surface area (Å²) in [5.41, 5.74) is 2.00. The highest BCUT2D eigenvalue weighted by atomic mass is 19.1. The lowest BCUT2D eigenvalue weighted by Crippen LogP contribution is -2.33. The maximum Gasteiger partial charge on any atom is 0.253 e. The summed E-state index contributed by atoms with van der Waals surface area (Å²) < 4.78 is 20.3. The molecule has 1 atom stereocenters. The van der Waals surface area contributed by atoms with Gasteiger partial charge in [0.15, 0.2) is 5.82 Å². The molecule has 0 saturated carbocycles. The zero-order chi connectivity index (χ0) is 22.1. The standard InChI is InChI=1S/C23H23FN6O2/c1-32-18-9-6-16-12-19(23(31)25-20(16)13-18)21(29-10-2-3-11-29)22-26-27-28-30(22)14-15-4-7-17(24)8-5-15/h4-9,12-13,21H,2-3,10-11,14H2,1H3,(H,25,31)/t21-/m1/s1. The molecule has 3 heterocycles. The van der Waals surface area contributed by atoms with Crippen LogP contribution in [-0.2, 0) is 6.54 Å². The molecule has 8 nitrogen and oxygen atoms in total. The number of hydrogen-bond acceptors (Lipinski definition) is 6. The van der Waals surface area contributed by atoms with Gasteiger partial charge in [0, 0.05) is 11.6 Å². The van der Waals surface area contributed by atoms with Gasteiger partial charge in [-0.25, -0.2) is 9.07 Å². The molecule has 1 N–H and O–H groups in total. The normalized spacial score (nSPS) is 15.3. The fourth-order valence-electron chi connectivity index (χ4n) is 4.31. The zero-order valence-corrected chi connectivity index (χ0v) is 17.7. The zero-order valence-electron chi connectivity index (χ0n) is 17.7. The number of fused-ring (bicyclic) bond motifs is 1. The molecule has 0 unspecified atom stereocenters. The number of nitrogens with one attached hydrogen (secondary N) is 1. The van der Waals surface area contributed by atoms with Gasteiger partial charge in [0.05, 0.1) is 19.2 Å². The highest BCUT2D eigenvalue weighted by molar-refractivity contribution is 5.80. The van der Waals surface area contributed by atoms with Crippen molar-refractivity contribution >= 4 is 10.9 Å². The van der Waals surface area contributed by atoms with Gasteiger partial charge in [-0.3, -0.25) is 9.69 Å². The molecule has 1 saturated heterocycles. The summed E-state index contributed by atoms with van der Waals surface area (Å²) in [6.45, 7) is 2.10. The minimum Gasteiger partial charge on any atom is -0.497 e. The Morgan fingerprint density at radius 1 is 1.12 bits per heavy atom. The molecule has 0 aliphatic carbocycles. The fourth-order valence-corrected chi connectivity index (χ4v) is 4.31. The van der Waals surface area contributed by atoms with E-state index in [1.165, 1.54) is 12.1 Å². The molecule has 0 spiro atoms. The van der Waals surface area contributed by atoms with Crippen molar-refractivity contribution in [2.75, 3.05) is 20.2 Å². The lowest BCUT2D eigenvalue weighted by atomic mass is 10.0. The van der Waals surface area contributed by atoms with Gasteiger partial charge in [-0.1, -0.05) is 12.1 Å². The highest BCUT2D eigenvalue weighted by Crippen LogP contribution is 2.30. The van der Waals surface area contributed by atoms with E-state index in [1.54, 1.807) is 23.9 Å². The van der Waals surface area contributed by atoms with Crippen LogP contribution in [0.2, 0.25) is 0 Å². The van der Waals surface area contributed by atoms with E-state index < -0.39 is 0 Å². The van der Waals surface area contributed by atoms with E-state index in [2.05, 4.69) is 25.4 Å². The van der Waals surface area contributed by atoms with Crippen molar-refractivity contribution in [1.29, 1.82) is 0 Å². The number of aromatic amines is 1. The number of benzene rings is 2. The molecular formula is C23H23FN6O2. The quantitative estimate of drug-likeness (QED) is 0.502. The summed E-state index contributed by atoms with van der Waals surface area (Å²) in [6, 6.07) is 13.4. The smallest absolute Gasteiger partial charge is 0.253 e. The molecule has 0 bridgehead atoms. The van der Waals surface area contributed by atoms with Gasteiger partial charge in [0.25, 0.3) is 5.56 Å². The van der Waals surface area contributed by atoms with Crippen molar-refractivity contribution < 1.29 is 9.13 Å². The molecule has 2 aromatic heterocycles. The number of halogens is 1. The first kappa shape index (κ1) is 20.3. The van der Waals surface area contributed by atoms with Crippen LogP contribution in [-0.4, -0.2) is 50.3 Å². The molecule has 5 rings (SSSR count). The average molecular weight is 434 g/mol. The number of likely N-dealkylation sites (tertiary alicyclic amines) is 1. The molecule has 1 aliphatic heterocycles. The second-order valence-electron chi connectivity index (χ2n) is 7.97. The third kappa shape index (κ3) is 3.87. The Morgan fingerprint density at radius 2 is 1.91 bits per heavy atom. The second kappa shape index (κ2) is 8.51. The Kier molecular flexibility index (Phi) is 5.40. The summed E-state index contributed by atoms with van der Waals surface area (Å²) in [4.78, 5) is 18.4. The van der Waals surface area contributed by atoms with Crippen LogP contribution in [0.5, 0.6) is 5.75 Å². The number of methoxy groups -OCH3 is 1. The Hall–Kier alpha value is -3.59. The second-order valence-corrected chi connectivity index (χ2v) is 7.97. The SMILES string of the molecule is COc1ccc2cc([C@H](c3nnnn3Cc3ccc(F)cc3)N3CCCC3)c(=O)[nH]c2c1. The molecule has 164 valence electrons. The summed E-state index contributed by atoms with van der Waals surface area (Å²) >= 11 is 0. The number of tetrazole rings is 1. The molecule has 0 radical (unpaired) electrons. The molecule has 32 heavy (non-hydrogen) atoms. The predicted octanol–water partition coefficient (Wildman–Crippen LogP) is 2.90. The number of pyridine rings is 1. The number of rotatable bonds is 6. The summed E-state index contributed by atoms with van der Waals surface area (Å²) in [7, 11) is 1.60. The van der Waals surface area contributed by atoms with Crippen LogP contribution in [0.15, 0.2) is 53.3 Å². The highest BCUT2D eigenvalue weighted by Gasteiger charge is 2.32. The van der Waals surface area contributed by atoms with E-state index in [9.17, 15) is 9.18 Å². The lowest BCUT2D eigenvalue weighted by molar-refractivity contribution is 0.263. The van der Waals surface area contributed by atoms with Crippen molar-refractivity contribution in [1.82, 2.24) is 30.1 Å². The van der Waals surface area contributed by atoms with Gasteiger partial charge < -0.3 is 9.72 Å². The van der Waals surface area contributed by atoms with Gasteiger partial charge in [-0.15, -0.1) is 5.10 Å². The molecular weight excluding hydrogens is 411 g/mol. The van der Waals surface area contributed by atoms with E-state index in [1.807, 2.05) is 24.3 Å². The van der Waals surface area contributed by atoms with Gasteiger partial charge >= 0.3 is 0 Å². The first-order valence-corrected chi connectivity index (χ1v) is 10.6. The predicted molar refractivity (Wildman–Crippen MR) is 117 cm³/mol. The van der Waals surface area contributed by atoms with Gasteiger partial charge in [0.2, 0.25) is 0 Å². The maximum atomic E-state index is 13.3. The first-order valence-electron chi connectivity index (χ1n) is 10.6. The molecule has 4 aromatic rings. The van der Waals surface area contributed by atoms with Gasteiger partial charge in [-0.05, 0) is 77.6 Å². The van der Waals surface area contributed by atoms with Crippen molar-refractivity contribution in [2.24, 2.45) is 0 Å². The minimum atomic E-state index is -0.386. The third-order valence-corrected chi connectivity index (χ3v) is 5.93. The number of nitrogens with zero attached hydrogens (tertiary/aromatic N) is 5. The number of ether oxygens (including phenoxy) is 1. The van der Waals surface area contributed by atoms with Crippen molar-refractivity contribution in [2.45, 2.75) is 25.4 Å². The third-order valence-electron chi connectivity index (χ3n) is 5.93. The Balaban J connectivity index is 1.59. The summed E-state index contributed by atoms with van der Waals surface area (Å²) in [5.74, 6) is 0.981. The van der Waals surface area contributed by atoms with Crippen LogP contribution in [0, 0.1) is 5.82 Å². The van der Waals surface area contributed by atoms with E-state index in [0.717, 1.165) is 36.9 Å². The molecule has 0 amide bonds. The minimum absolute atomic E-state index is 0.181. The van der Waals surface area contributed by atoms with Crippen molar-refractivity contribution in [3.8, 4) is 5.75 Å². The van der Waals surface area contributed by atoms with Gasteiger partial charge in [0.1, 0.15) is 17.6 Å². The summed E-state index contributed by atoms with van der Waals surface area (Å²) in [5, 5.41) is 13.3.